The van der Waals surface area contributed by atoms with E-state index in [1.54, 1.807) is 6.92 Å². The third kappa shape index (κ3) is 4.80. The number of amides is 1. The number of hydrogen-bond acceptors (Lipinski definition) is 4. The minimum Gasteiger partial charge on any atom is -0.455 e. The Hall–Kier alpha value is -2.87. The van der Waals surface area contributed by atoms with E-state index in [4.69, 9.17) is 4.74 Å². The largest absolute Gasteiger partial charge is 0.455 e. The monoisotopic (exact) mass is 338 g/mol. The Balaban J connectivity index is 1.89. The van der Waals surface area contributed by atoms with Crippen molar-refractivity contribution in [3.8, 4) is 6.07 Å². The average molecular weight is 338 g/mol. The maximum atomic E-state index is 12.0. The van der Waals surface area contributed by atoms with Crippen LogP contribution in [0.2, 0.25) is 0 Å². The Kier molecular flexibility index (Phi) is 5.76. The zero-order chi connectivity index (χ0) is 18.4. The highest BCUT2D eigenvalue weighted by Gasteiger charge is 2.30. The normalized spacial score (nSPS) is 13.1. The van der Waals surface area contributed by atoms with Gasteiger partial charge in [0.15, 0.2) is 6.61 Å². The molecule has 1 atom stereocenters. The maximum Gasteiger partial charge on any atom is 0.310 e. The minimum absolute atomic E-state index is 0.0604. The second-order valence-electron chi connectivity index (χ2n) is 6.54. The first-order valence-corrected chi connectivity index (χ1v) is 8.19. The molecule has 0 aromatic heterocycles. The van der Waals surface area contributed by atoms with Crippen molar-refractivity contribution in [3.05, 3.63) is 48.0 Å². The van der Waals surface area contributed by atoms with Crippen LogP contribution >= 0.6 is 0 Å². The van der Waals surface area contributed by atoms with Crippen LogP contribution in [-0.4, -0.2) is 24.0 Å². The van der Waals surface area contributed by atoms with Gasteiger partial charge in [-0.3, -0.25) is 9.59 Å². The van der Waals surface area contributed by atoms with Crippen LogP contribution < -0.4 is 5.32 Å². The molecule has 5 nitrogen and oxygen atoms in total. The van der Waals surface area contributed by atoms with Crippen LogP contribution in [0.15, 0.2) is 42.5 Å². The number of benzene rings is 2. The molecule has 1 N–H and O–H groups in total. The number of fused-ring (bicyclic) bond motifs is 1. The first-order chi connectivity index (χ1) is 11.8. The molecule has 1 amide bonds. The lowest BCUT2D eigenvalue weighted by Crippen LogP contribution is -2.50. The number of carbonyl (C=O) groups excluding carboxylic acids is 2. The molecule has 0 heterocycles. The highest BCUT2D eigenvalue weighted by Crippen LogP contribution is 2.16. The molecular formula is C20H22N2O3. The van der Waals surface area contributed by atoms with Gasteiger partial charge in [-0.05, 0) is 29.2 Å². The molecule has 0 aliphatic heterocycles. The molecule has 2 aromatic carbocycles. The van der Waals surface area contributed by atoms with Gasteiger partial charge in [-0.1, -0.05) is 56.3 Å². The number of hydrogen-bond donors (Lipinski definition) is 1. The molecule has 0 saturated heterocycles. The molecule has 5 heteroatoms. The lowest BCUT2D eigenvalue weighted by atomic mass is 9.90. The van der Waals surface area contributed by atoms with E-state index in [9.17, 15) is 14.9 Å². The molecule has 2 aromatic rings. The van der Waals surface area contributed by atoms with Gasteiger partial charge in [0.25, 0.3) is 5.91 Å². The predicted molar refractivity (Wildman–Crippen MR) is 95.6 cm³/mol. The van der Waals surface area contributed by atoms with Gasteiger partial charge < -0.3 is 10.1 Å². The lowest BCUT2D eigenvalue weighted by Gasteiger charge is -2.27. The number of nitrogens with one attached hydrogen (secondary N) is 1. The molecule has 0 saturated carbocycles. The van der Waals surface area contributed by atoms with E-state index in [2.05, 4.69) is 11.4 Å². The molecule has 25 heavy (non-hydrogen) atoms. The molecule has 0 unspecified atom stereocenters. The summed E-state index contributed by atoms with van der Waals surface area (Å²) < 4.78 is 5.03. The SMILES string of the molecule is CC(C)[C@](C)(C#N)NC(=O)COC(=O)Cc1ccc2ccccc2c1. The van der Waals surface area contributed by atoms with Gasteiger partial charge >= 0.3 is 5.97 Å². The summed E-state index contributed by atoms with van der Waals surface area (Å²) >= 11 is 0. The number of esters is 1. The molecular weight excluding hydrogens is 316 g/mol. The second-order valence-corrected chi connectivity index (χ2v) is 6.54. The Bertz CT molecular complexity index is 823. The Labute approximate surface area is 147 Å². The zero-order valence-corrected chi connectivity index (χ0v) is 14.7. The summed E-state index contributed by atoms with van der Waals surface area (Å²) in [4.78, 5) is 23.9. The summed E-state index contributed by atoms with van der Waals surface area (Å²) in [6.07, 6.45) is 0.0951. The molecule has 0 spiro atoms. The number of ether oxygens (including phenoxy) is 1. The third-order valence-corrected chi connectivity index (χ3v) is 4.31. The third-order valence-electron chi connectivity index (χ3n) is 4.31. The van der Waals surface area contributed by atoms with E-state index in [0.29, 0.717) is 0 Å². The van der Waals surface area contributed by atoms with Crippen molar-refractivity contribution in [1.29, 1.82) is 5.26 Å². The van der Waals surface area contributed by atoms with Crippen molar-refractivity contribution in [3.63, 3.8) is 0 Å². The lowest BCUT2D eigenvalue weighted by molar-refractivity contribution is -0.148. The van der Waals surface area contributed by atoms with Crippen LogP contribution in [0.25, 0.3) is 10.8 Å². The molecule has 0 aliphatic carbocycles. The van der Waals surface area contributed by atoms with Crippen molar-refractivity contribution in [1.82, 2.24) is 5.32 Å². The van der Waals surface area contributed by atoms with E-state index in [0.717, 1.165) is 16.3 Å². The molecule has 130 valence electrons. The van der Waals surface area contributed by atoms with Crippen LogP contribution in [0.3, 0.4) is 0 Å². The Morgan fingerprint density at radius 2 is 1.88 bits per heavy atom. The number of nitrogens with zero attached hydrogens (tertiary/aromatic N) is 1. The second kappa shape index (κ2) is 7.80. The van der Waals surface area contributed by atoms with Crippen LogP contribution in [0, 0.1) is 17.2 Å². The number of nitriles is 1. The predicted octanol–water partition coefficient (Wildman–Crippen LogP) is 2.98. The van der Waals surface area contributed by atoms with Crippen LogP contribution in [-0.2, 0) is 20.7 Å². The Morgan fingerprint density at radius 1 is 1.20 bits per heavy atom. The smallest absolute Gasteiger partial charge is 0.310 e. The van der Waals surface area contributed by atoms with Crippen LogP contribution in [0.4, 0.5) is 0 Å². The van der Waals surface area contributed by atoms with Crippen LogP contribution in [0.5, 0.6) is 0 Å². The van der Waals surface area contributed by atoms with E-state index >= 15 is 0 Å². The van der Waals surface area contributed by atoms with Crippen molar-refractivity contribution in [2.75, 3.05) is 6.61 Å². The van der Waals surface area contributed by atoms with Gasteiger partial charge in [0.1, 0.15) is 5.54 Å². The fourth-order valence-corrected chi connectivity index (χ4v) is 2.34. The summed E-state index contributed by atoms with van der Waals surface area (Å²) in [6, 6.07) is 15.7. The summed E-state index contributed by atoms with van der Waals surface area (Å²) in [5.41, 5.74) is -0.157. The van der Waals surface area contributed by atoms with Gasteiger partial charge in [0.2, 0.25) is 0 Å². The number of rotatable bonds is 6. The van der Waals surface area contributed by atoms with Crippen molar-refractivity contribution in [2.24, 2.45) is 5.92 Å². The van der Waals surface area contributed by atoms with Gasteiger partial charge in [0.05, 0.1) is 12.5 Å². The Morgan fingerprint density at radius 3 is 2.52 bits per heavy atom. The van der Waals surface area contributed by atoms with Crippen molar-refractivity contribution < 1.29 is 14.3 Å². The fourth-order valence-electron chi connectivity index (χ4n) is 2.34. The number of carbonyl (C=O) groups is 2. The summed E-state index contributed by atoms with van der Waals surface area (Å²) in [7, 11) is 0. The molecule has 0 fully saturated rings. The first-order valence-electron chi connectivity index (χ1n) is 8.19. The molecule has 0 bridgehead atoms. The average Bonchev–Trinajstić information content (AvgIpc) is 2.59. The summed E-state index contributed by atoms with van der Waals surface area (Å²) in [5.74, 6) is -1.02. The van der Waals surface area contributed by atoms with E-state index < -0.39 is 24.0 Å². The summed E-state index contributed by atoms with van der Waals surface area (Å²) in [6.45, 7) is 4.94. The fraction of sp³-hybridized carbons (Fsp3) is 0.350. The van der Waals surface area contributed by atoms with Crippen molar-refractivity contribution >= 4 is 22.6 Å². The van der Waals surface area contributed by atoms with Gasteiger partial charge in [-0.15, -0.1) is 0 Å². The summed E-state index contributed by atoms with van der Waals surface area (Å²) in [5, 5.41) is 13.9. The zero-order valence-electron chi connectivity index (χ0n) is 14.7. The minimum atomic E-state index is -0.984. The maximum absolute atomic E-state index is 12.0. The van der Waals surface area contributed by atoms with Gasteiger partial charge in [-0.2, -0.15) is 5.26 Å². The van der Waals surface area contributed by atoms with Crippen molar-refractivity contribution in [2.45, 2.75) is 32.7 Å². The molecule has 0 radical (unpaired) electrons. The van der Waals surface area contributed by atoms with Gasteiger partial charge in [-0.25, -0.2) is 0 Å². The molecule has 2 rings (SSSR count). The van der Waals surface area contributed by atoms with E-state index in [1.165, 1.54) is 0 Å². The quantitative estimate of drug-likeness (QED) is 0.821. The first kappa shape index (κ1) is 18.5. The molecule has 0 aliphatic rings. The van der Waals surface area contributed by atoms with E-state index in [-0.39, 0.29) is 12.3 Å². The topological polar surface area (TPSA) is 79.2 Å². The van der Waals surface area contributed by atoms with Crippen LogP contribution in [0.1, 0.15) is 26.3 Å². The highest BCUT2D eigenvalue weighted by molar-refractivity contribution is 5.85. The standard InChI is InChI=1S/C20H22N2O3/c1-14(2)20(3,13-21)22-18(23)12-25-19(24)11-15-8-9-16-6-4-5-7-17(16)10-15/h4-10,14H,11-12H2,1-3H3,(H,22,23)/t20-/m0/s1. The highest BCUT2D eigenvalue weighted by atomic mass is 16.5. The van der Waals surface area contributed by atoms with E-state index in [1.807, 2.05) is 56.3 Å². The van der Waals surface area contributed by atoms with Gasteiger partial charge in [0, 0.05) is 0 Å².